The van der Waals surface area contributed by atoms with Gasteiger partial charge in [-0.05, 0) is 5.56 Å². The number of rotatable bonds is 1. The first kappa shape index (κ1) is 10.4. The predicted octanol–water partition coefficient (Wildman–Crippen LogP) is -3.70. The summed E-state index contributed by atoms with van der Waals surface area (Å²) in [5, 5.41) is 0. The highest BCUT2D eigenvalue weighted by atomic mass is 14.0. The van der Waals surface area contributed by atoms with Crippen molar-refractivity contribution in [2.75, 3.05) is 0 Å². The molecular weight excluding hydrogens is 150 g/mol. The molecule has 0 saturated heterocycles. The zero-order valence-corrected chi connectivity index (χ0v) is 7.17. The molecule has 0 aliphatic rings. The van der Waals surface area contributed by atoms with Crippen LogP contribution in [0.1, 0.15) is 5.56 Å². The van der Waals surface area contributed by atoms with E-state index in [4.69, 9.17) is 39.2 Å². The Bertz CT molecular complexity index is 340. The normalized spacial score (nSPS) is 9.85. The van der Waals surface area contributed by atoms with Crippen LogP contribution in [0.4, 0.5) is 0 Å². The standard InChI is InChI=1S/C8H3B5/c1-2-3-4(9)6(11)8(13)7(12)5(3)10/h2H,1H2. The maximum absolute atomic E-state index is 5.65. The molecule has 0 amide bonds. The van der Waals surface area contributed by atoms with Crippen molar-refractivity contribution in [1.82, 2.24) is 0 Å². The minimum absolute atomic E-state index is 0.223. The van der Waals surface area contributed by atoms with Gasteiger partial charge in [-0.15, -0.1) is 16.4 Å². The third-order valence-electron chi connectivity index (χ3n) is 1.95. The average Bonchev–Trinajstić information content (AvgIpc) is 2.13. The third-order valence-corrected chi connectivity index (χ3v) is 1.95. The molecule has 0 saturated carbocycles. The summed E-state index contributed by atoms with van der Waals surface area (Å²) in [5.41, 5.74) is 1.89. The fraction of sp³-hybridized carbons (Fsp3) is 0. The first-order chi connectivity index (χ1) is 6.00. The van der Waals surface area contributed by atoms with E-state index >= 15 is 0 Å². The minimum atomic E-state index is 0.223. The second kappa shape index (κ2) is 3.57. The van der Waals surface area contributed by atoms with E-state index in [1.807, 2.05) is 0 Å². The van der Waals surface area contributed by atoms with Crippen LogP contribution in [0.25, 0.3) is 6.08 Å². The Morgan fingerprint density at radius 3 is 1.31 bits per heavy atom. The van der Waals surface area contributed by atoms with Gasteiger partial charge in [-0.2, -0.15) is 0 Å². The van der Waals surface area contributed by atoms with Gasteiger partial charge in [0.15, 0.2) is 0 Å². The van der Waals surface area contributed by atoms with Crippen molar-refractivity contribution in [3.05, 3.63) is 12.1 Å². The predicted molar refractivity (Wildman–Crippen MR) is 63.5 cm³/mol. The van der Waals surface area contributed by atoms with Crippen LogP contribution in [0.5, 0.6) is 0 Å². The molecule has 5 heteroatoms. The number of benzene rings is 1. The van der Waals surface area contributed by atoms with Crippen molar-refractivity contribution < 1.29 is 0 Å². The van der Waals surface area contributed by atoms with Gasteiger partial charge in [0.2, 0.25) is 0 Å². The molecule has 50 valence electrons. The molecular formula is C8H3B5. The van der Waals surface area contributed by atoms with Gasteiger partial charge >= 0.3 is 0 Å². The molecule has 0 nitrogen and oxygen atoms in total. The fourth-order valence-corrected chi connectivity index (χ4v) is 1.09. The zero-order chi connectivity index (χ0) is 10.2. The number of hydrogen-bond donors (Lipinski definition) is 0. The third kappa shape index (κ3) is 1.52. The summed E-state index contributed by atoms with van der Waals surface area (Å²) >= 11 is 0. The van der Waals surface area contributed by atoms with Crippen molar-refractivity contribution >= 4 is 72.6 Å². The van der Waals surface area contributed by atoms with Crippen molar-refractivity contribution in [1.29, 1.82) is 0 Å². The number of hydrogen-bond acceptors (Lipinski definition) is 0. The molecule has 0 aromatic heterocycles. The molecule has 0 bridgehead atoms. The molecule has 0 N–H and O–H groups in total. The van der Waals surface area contributed by atoms with Gasteiger partial charge in [0.05, 0.1) is 0 Å². The van der Waals surface area contributed by atoms with Gasteiger partial charge in [0, 0.05) is 0 Å². The van der Waals surface area contributed by atoms with E-state index in [0.717, 1.165) is 0 Å². The van der Waals surface area contributed by atoms with Crippen molar-refractivity contribution in [3.63, 3.8) is 0 Å². The van der Waals surface area contributed by atoms with E-state index in [1.54, 1.807) is 0 Å². The molecule has 0 spiro atoms. The fourth-order valence-electron chi connectivity index (χ4n) is 1.09. The lowest BCUT2D eigenvalue weighted by Gasteiger charge is -2.18. The van der Waals surface area contributed by atoms with Gasteiger partial charge in [0.1, 0.15) is 39.2 Å². The summed E-state index contributed by atoms with van der Waals surface area (Å²) in [4.78, 5) is 0. The second-order valence-corrected chi connectivity index (χ2v) is 2.69. The van der Waals surface area contributed by atoms with Crippen LogP contribution in [0.15, 0.2) is 6.58 Å². The Kier molecular flexibility index (Phi) is 2.85. The molecule has 0 unspecified atom stereocenters. The molecule has 1 aromatic rings. The highest BCUT2D eigenvalue weighted by Crippen LogP contribution is 1.86. The van der Waals surface area contributed by atoms with E-state index in [9.17, 15) is 0 Å². The molecule has 1 rings (SSSR count). The van der Waals surface area contributed by atoms with Gasteiger partial charge < -0.3 is 0 Å². The molecule has 0 atom stereocenters. The van der Waals surface area contributed by atoms with E-state index in [2.05, 4.69) is 6.58 Å². The maximum atomic E-state index is 5.65. The summed E-state index contributed by atoms with van der Waals surface area (Å²) in [6, 6.07) is 0. The largest absolute Gasteiger partial charge is 0.113 e. The lowest BCUT2D eigenvalue weighted by molar-refractivity contribution is 1.94. The van der Waals surface area contributed by atoms with Gasteiger partial charge in [-0.25, -0.2) is 0 Å². The maximum Gasteiger partial charge on any atom is 0.113 e. The van der Waals surface area contributed by atoms with Gasteiger partial charge in [0.25, 0.3) is 0 Å². The minimum Gasteiger partial charge on any atom is -0.112 e. The second-order valence-electron chi connectivity index (χ2n) is 2.69. The van der Waals surface area contributed by atoms with Crippen molar-refractivity contribution in [2.24, 2.45) is 0 Å². The van der Waals surface area contributed by atoms with E-state index in [1.165, 1.54) is 6.08 Å². The molecule has 13 heavy (non-hydrogen) atoms. The topological polar surface area (TPSA) is 0 Å². The smallest absolute Gasteiger partial charge is 0.112 e. The average molecular weight is 153 g/mol. The molecule has 0 fully saturated rings. The molecule has 0 aliphatic heterocycles. The van der Waals surface area contributed by atoms with Crippen LogP contribution >= 0.6 is 0 Å². The monoisotopic (exact) mass is 154 g/mol. The van der Waals surface area contributed by atoms with Crippen LogP contribution in [0.2, 0.25) is 0 Å². The van der Waals surface area contributed by atoms with Gasteiger partial charge in [-0.1, -0.05) is 23.6 Å². The Labute approximate surface area is 85.2 Å². The molecule has 1 aromatic carbocycles. The Morgan fingerprint density at radius 2 is 1.00 bits per heavy atom. The lowest BCUT2D eigenvalue weighted by Crippen LogP contribution is -2.55. The summed E-state index contributed by atoms with van der Waals surface area (Å²) in [5.74, 6) is 0. The van der Waals surface area contributed by atoms with Crippen LogP contribution < -0.4 is 27.3 Å². The van der Waals surface area contributed by atoms with Crippen LogP contribution in [-0.2, 0) is 0 Å². The van der Waals surface area contributed by atoms with E-state index in [-0.39, 0.29) is 16.4 Å². The summed E-state index contributed by atoms with van der Waals surface area (Å²) in [7, 11) is 28.1. The summed E-state index contributed by atoms with van der Waals surface area (Å²) < 4.78 is 0. The van der Waals surface area contributed by atoms with Crippen LogP contribution in [-0.4, -0.2) is 39.2 Å². The SMILES string of the molecule is [B]c1c([B])c([B])c(C=C)c([B])c1[B]. The highest BCUT2D eigenvalue weighted by Gasteiger charge is 2.06. The van der Waals surface area contributed by atoms with E-state index < -0.39 is 0 Å². The highest BCUT2D eigenvalue weighted by molar-refractivity contribution is 6.67. The Morgan fingerprint density at radius 1 is 0.692 bits per heavy atom. The van der Waals surface area contributed by atoms with E-state index in [0.29, 0.717) is 16.5 Å². The van der Waals surface area contributed by atoms with Crippen LogP contribution in [0.3, 0.4) is 0 Å². The van der Waals surface area contributed by atoms with Crippen LogP contribution in [0, 0.1) is 0 Å². The van der Waals surface area contributed by atoms with Gasteiger partial charge in [-0.3, -0.25) is 0 Å². The summed E-state index contributed by atoms with van der Waals surface area (Å²) in [6.45, 7) is 3.55. The van der Waals surface area contributed by atoms with Crippen molar-refractivity contribution in [2.45, 2.75) is 0 Å². The quantitative estimate of drug-likeness (QED) is 0.364. The Balaban J connectivity index is 3.66. The molecule has 0 heterocycles. The first-order valence-corrected chi connectivity index (χ1v) is 3.64. The molecule has 10 radical (unpaired) electrons. The van der Waals surface area contributed by atoms with Crippen molar-refractivity contribution in [3.8, 4) is 0 Å². The Hall–Kier alpha value is -0.715. The zero-order valence-electron chi connectivity index (χ0n) is 7.17. The first-order valence-electron chi connectivity index (χ1n) is 3.64. The summed E-state index contributed by atoms with van der Waals surface area (Å²) in [6.07, 6.45) is 1.50. The molecule has 0 aliphatic carbocycles. The lowest BCUT2D eigenvalue weighted by atomic mass is 9.60.